The summed E-state index contributed by atoms with van der Waals surface area (Å²) in [7, 11) is 0. The molecular weight excluding hydrogens is 368 g/mol. The van der Waals surface area contributed by atoms with Crippen LogP contribution >= 0.6 is 12.2 Å². The predicted molar refractivity (Wildman–Crippen MR) is 106 cm³/mol. The number of hydrogen-bond acceptors (Lipinski definition) is 6. The van der Waals surface area contributed by atoms with E-state index < -0.39 is 10.8 Å². The van der Waals surface area contributed by atoms with E-state index >= 15 is 0 Å². The number of phenols is 1. The van der Waals surface area contributed by atoms with Crippen LogP contribution in [0.5, 0.6) is 5.75 Å². The summed E-state index contributed by atoms with van der Waals surface area (Å²) in [6.45, 7) is 1.53. The highest BCUT2D eigenvalue weighted by atomic mass is 32.1. The third kappa shape index (κ3) is 4.32. The van der Waals surface area contributed by atoms with Gasteiger partial charge in [-0.05, 0) is 49.3 Å². The van der Waals surface area contributed by atoms with Crippen molar-refractivity contribution in [2.45, 2.75) is 12.8 Å². The smallest absolute Gasteiger partial charge is 0.293 e. The number of amides is 1. The van der Waals surface area contributed by atoms with Gasteiger partial charge in [0.2, 0.25) is 0 Å². The van der Waals surface area contributed by atoms with E-state index in [1.165, 1.54) is 12.1 Å². The van der Waals surface area contributed by atoms with Crippen LogP contribution in [0.4, 0.5) is 17.1 Å². The second-order valence-electron chi connectivity index (χ2n) is 6.08. The summed E-state index contributed by atoms with van der Waals surface area (Å²) in [6.07, 6.45) is 1.98. The van der Waals surface area contributed by atoms with E-state index in [-0.39, 0.29) is 22.1 Å². The van der Waals surface area contributed by atoms with Crippen LogP contribution in [0.3, 0.4) is 0 Å². The summed E-state index contributed by atoms with van der Waals surface area (Å²) in [5.74, 6) is -0.585. The number of benzene rings is 2. The van der Waals surface area contributed by atoms with Crippen LogP contribution < -0.4 is 15.5 Å². The Hall–Kier alpha value is -3.20. The minimum Gasteiger partial charge on any atom is -0.506 e. The highest BCUT2D eigenvalue weighted by Crippen LogP contribution is 2.31. The van der Waals surface area contributed by atoms with Crippen LogP contribution in [0.2, 0.25) is 0 Å². The summed E-state index contributed by atoms with van der Waals surface area (Å²) in [5, 5.41) is 26.3. The molecule has 1 saturated heterocycles. The summed E-state index contributed by atoms with van der Waals surface area (Å²) in [4.78, 5) is 25.3. The van der Waals surface area contributed by atoms with E-state index in [4.69, 9.17) is 12.2 Å². The number of nitrogens with zero attached hydrogens (tertiary/aromatic N) is 2. The second kappa shape index (κ2) is 8.00. The van der Waals surface area contributed by atoms with E-state index in [0.29, 0.717) is 11.4 Å². The average molecular weight is 386 g/mol. The fraction of sp³-hybridized carbons (Fsp3) is 0.222. The molecule has 0 bridgehead atoms. The predicted octanol–water partition coefficient (Wildman–Crippen LogP) is 3.03. The molecule has 0 aliphatic carbocycles. The molecule has 140 valence electrons. The molecule has 0 spiro atoms. The Morgan fingerprint density at radius 1 is 1.19 bits per heavy atom. The third-order valence-electron chi connectivity index (χ3n) is 4.26. The normalized spacial score (nSPS) is 13.3. The van der Waals surface area contributed by atoms with Gasteiger partial charge in [0, 0.05) is 24.7 Å². The lowest BCUT2D eigenvalue weighted by atomic mass is 10.1. The molecule has 27 heavy (non-hydrogen) atoms. The maximum absolute atomic E-state index is 12.4. The zero-order valence-electron chi connectivity index (χ0n) is 14.3. The van der Waals surface area contributed by atoms with Crippen molar-refractivity contribution in [3.63, 3.8) is 0 Å². The molecule has 2 aromatic rings. The molecule has 1 aliphatic rings. The number of anilines is 2. The standard InChI is InChI=1S/C18H18N4O4S/c23-16-6-2-1-5-13(16)19-18(27)20-17(24)12-7-8-14(15(11-12)22(25)26)21-9-3-4-10-21/h1-2,5-8,11,23H,3-4,9-10H2,(H2,19,20,24,27). The van der Waals surface area contributed by atoms with Gasteiger partial charge in [-0.3, -0.25) is 20.2 Å². The van der Waals surface area contributed by atoms with E-state index in [2.05, 4.69) is 10.6 Å². The summed E-state index contributed by atoms with van der Waals surface area (Å²) >= 11 is 5.07. The van der Waals surface area contributed by atoms with Crippen molar-refractivity contribution >= 4 is 40.3 Å². The number of phenolic OH excluding ortho intramolecular Hbond substituents is 1. The van der Waals surface area contributed by atoms with Crippen molar-refractivity contribution in [2.75, 3.05) is 23.3 Å². The first-order valence-electron chi connectivity index (χ1n) is 8.39. The van der Waals surface area contributed by atoms with Crippen LogP contribution in [0, 0.1) is 10.1 Å². The number of rotatable bonds is 4. The van der Waals surface area contributed by atoms with E-state index in [0.717, 1.165) is 25.9 Å². The first-order valence-corrected chi connectivity index (χ1v) is 8.80. The van der Waals surface area contributed by atoms with E-state index in [1.54, 1.807) is 30.3 Å². The summed E-state index contributed by atoms with van der Waals surface area (Å²) in [5.41, 5.74) is 0.886. The van der Waals surface area contributed by atoms with Gasteiger partial charge in [0.15, 0.2) is 5.11 Å². The number of aromatic hydroxyl groups is 1. The molecule has 1 fully saturated rings. The van der Waals surface area contributed by atoms with Crippen molar-refractivity contribution in [1.82, 2.24) is 5.32 Å². The minimum absolute atomic E-state index is 0.0142. The number of carbonyl (C=O) groups excluding carboxylic acids is 1. The zero-order chi connectivity index (χ0) is 19.4. The molecule has 9 heteroatoms. The monoisotopic (exact) mass is 386 g/mol. The highest BCUT2D eigenvalue weighted by molar-refractivity contribution is 7.80. The van der Waals surface area contributed by atoms with Gasteiger partial charge in [-0.25, -0.2) is 0 Å². The lowest BCUT2D eigenvalue weighted by molar-refractivity contribution is -0.384. The van der Waals surface area contributed by atoms with Gasteiger partial charge in [0.05, 0.1) is 10.6 Å². The number of nitrogens with one attached hydrogen (secondary N) is 2. The van der Waals surface area contributed by atoms with E-state index in [1.807, 2.05) is 4.90 Å². The van der Waals surface area contributed by atoms with Gasteiger partial charge in [-0.1, -0.05) is 12.1 Å². The number of nitro groups is 1. The largest absolute Gasteiger partial charge is 0.506 e. The molecule has 3 N–H and O–H groups in total. The lowest BCUT2D eigenvalue weighted by Crippen LogP contribution is -2.34. The Labute approximate surface area is 160 Å². The van der Waals surface area contributed by atoms with Gasteiger partial charge in [-0.15, -0.1) is 0 Å². The summed E-state index contributed by atoms with van der Waals surface area (Å²) in [6, 6.07) is 10.8. The number of nitro benzene ring substituents is 1. The number of para-hydroxylation sites is 2. The van der Waals surface area contributed by atoms with Crippen LogP contribution in [0.15, 0.2) is 42.5 Å². The fourth-order valence-electron chi connectivity index (χ4n) is 2.94. The molecule has 1 aliphatic heterocycles. The summed E-state index contributed by atoms with van der Waals surface area (Å²) < 4.78 is 0. The Balaban J connectivity index is 1.74. The maximum atomic E-state index is 12.4. The molecule has 2 aromatic carbocycles. The molecule has 3 rings (SSSR count). The Kier molecular flexibility index (Phi) is 5.51. The van der Waals surface area contributed by atoms with Crippen LogP contribution in [-0.4, -0.2) is 34.1 Å². The molecule has 0 saturated carbocycles. The molecule has 8 nitrogen and oxygen atoms in total. The minimum atomic E-state index is -0.570. The first-order chi connectivity index (χ1) is 13.0. The van der Waals surface area contributed by atoms with Gasteiger partial charge in [0.1, 0.15) is 11.4 Å². The fourth-order valence-corrected chi connectivity index (χ4v) is 3.15. The van der Waals surface area contributed by atoms with Crippen LogP contribution in [0.25, 0.3) is 0 Å². The molecule has 0 aromatic heterocycles. The van der Waals surface area contributed by atoms with Gasteiger partial charge < -0.3 is 15.3 Å². The molecule has 0 unspecified atom stereocenters. The zero-order valence-corrected chi connectivity index (χ0v) is 15.2. The number of thiocarbonyl (C=S) groups is 1. The number of hydrogen-bond donors (Lipinski definition) is 3. The van der Waals surface area contributed by atoms with Gasteiger partial charge >= 0.3 is 0 Å². The lowest BCUT2D eigenvalue weighted by Gasteiger charge is -2.18. The van der Waals surface area contributed by atoms with Crippen molar-refractivity contribution in [3.05, 3.63) is 58.1 Å². The Bertz CT molecular complexity index is 897. The SMILES string of the molecule is O=C(NC(=S)Nc1ccccc1O)c1ccc(N2CCCC2)c([N+](=O)[O-])c1. The quantitative estimate of drug-likeness (QED) is 0.321. The average Bonchev–Trinajstić information content (AvgIpc) is 3.17. The molecule has 1 amide bonds. The maximum Gasteiger partial charge on any atom is 0.293 e. The molecular formula is C18H18N4O4S. The first kappa shape index (κ1) is 18.6. The van der Waals surface area contributed by atoms with Crippen molar-refractivity contribution in [3.8, 4) is 5.75 Å². The topological polar surface area (TPSA) is 108 Å². The van der Waals surface area contributed by atoms with E-state index in [9.17, 15) is 20.0 Å². The number of carbonyl (C=O) groups is 1. The third-order valence-corrected chi connectivity index (χ3v) is 4.46. The van der Waals surface area contributed by atoms with Crippen LogP contribution in [0.1, 0.15) is 23.2 Å². The van der Waals surface area contributed by atoms with Gasteiger partial charge in [0.25, 0.3) is 11.6 Å². The molecule has 0 radical (unpaired) electrons. The van der Waals surface area contributed by atoms with Gasteiger partial charge in [-0.2, -0.15) is 0 Å². The van der Waals surface area contributed by atoms with Crippen molar-refractivity contribution in [2.24, 2.45) is 0 Å². The van der Waals surface area contributed by atoms with Crippen molar-refractivity contribution < 1.29 is 14.8 Å². The van der Waals surface area contributed by atoms with Crippen molar-refractivity contribution in [1.29, 1.82) is 0 Å². The Morgan fingerprint density at radius 3 is 2.56 bits per heavy atom. The molecule has 0 atom stereocenters. The second-order valence-corrected chi connectivity index (χ2v) is 6.49. The molecule has 1 heterocycles. The Morgan fingerprint density at radius 2 is 1.89 bits per heavy atom. The van der Waals surface area contributed by atoms with Crippen LogP contribution in [-0.2, 0) is 0 Å². The highest BCUT2D eigenvalue weighted by Gasteiger charge is 2.24.